The number of phenolic OH excluding ortho intramolecular Hbond substituents is 1. The number of hydrogen-bond donors (Lipinski definition) is 5. The summed E-state index contributed by atoms with van der Waals surface area (Å²) < 4.78 is 5.15. The van der Waals surface area contributed by atoms with E-state index in [-0.39, 0.29) is 29.7 Å². The highest BCUT2D eigenvalue weighted by atomic mass is 16.6. The number of anilines is 1. The maximum absolute atomic E-state index is 12.6. The Hall–Kier alpha value is -4.67. The van der Waals surface area contributed by atoms with E-state index in [0.717, 1.165) is 27.8 Å². The van der Waals surface area contributed by atoms with Gasteiger partial charge in [0.25, 0.3) is 5.91 Å². The van der Waals surface area contributed by atoms with E-state index in [1.54, 1.807) is 63.5 Å². The number of nitrogens with one attached hydrogen (secondary N) is 3. The van der Waals surface area contributed by atoms with Crippen molar-refractivity contribution in [3.05, 3.63) is 60.0 Å². The zero-order valence-electron chi connectivity index (χ0n) is 24.6. The molecule has 0 bridgehead atoms. The van der Waals surface area contributed by atoms with E-state index in [0.29, 0.717) is 44.7 Å². The van der Waals surface area contributed by atoms with Gasteiger partial charge in [-0.25, -0.2) is 9.78 Å². The maximum Gasteiger partial charge on any atom is 0.407 e. The number of benzene rings is 1. The van der Waals surface area contributed by atoms with Gasteiger partial charge in [0.2, 0.25) is 5.91 Å². The van der Waals surface area contributed by atoms with Crippen molar-refractivity contribution in [1.29, 1.82) is 0 Å². The van der Waals surface area contributed by atoms with E-state index in [2.05, 4.69) is 25.9 Å². The molecule has 0 saturated heterocycles. The fourth-order valence-corrected chi connectivity index (χ4v) is 4.27. The number of ether oxygens (including phenoxy) is 1. The summed E-state index contributed by atoms with van der Waals surface area (Å²) in [6, 6.07) is 10.3. The van der Waals surface area contributed by atoms with Gasteiger partial charge in [-0.15, -0.1) is 0 Å². The summed E-state index contributed by atoms with van der Waals surface area (Å²) in [5, 5.41) is 17.9. The van der Waals surface area contributed by atoms with Crippen LogP contribution < -0.4 is 21.7 Å². The minimum absolute atomic E-state index is 0.123. The molecule has 0 aliphatic heterocycles. The zero-order chi connectivity index (χ0) is 30.7. The van der Waals surface area contributed by atoms with Gasteiger partial charge in [-0.2, -0.15) is 0 Å². The molecule has 6 N–H and O–H groups in total. The lowest BCUT2D eigenvalue weighted by atomic mass is 9.92. The first-order valence-electron chi connectivity index (χ1n) is 14.0. The van der Waals surface area contributed by atoms with Gasteiger partial charge in [0, 0.05) is 55.1 Å². The van der Waals surface area contributed by atoms with Crippen LogP contribution in [-0.4, -0.2) is 58.2 Å². The zero-order valence-corrected chi connectivity index (χ0v) is 24.6. The third kappa shape index (κ3) is 9.46. The highest BCUT2D eigenvalue weighted by molar-refractivity contribution is 5.93. The van der Waals surface area contributed by atoms with Crippen LogP contribution in [0.2, 0.25) is 0 Å². The minimum Gasteiger partial charge on any atom is -0.508 e. The van der Waals surface area contributed by atoms with Crippen LogP contribution in [-0.2, 0) is 16.0 Å². The second-order valence-electron chi connectivity index (χ2n) is 10.7. The summed E-state index contributed by atoms with van der Waals surface area (Å²) in [6.45, 7) is 8.52. The third-order valence-electron chi connectivity index (χ3n) is 6.24. The van der Waals surface area contributed by atoms with E-state index < -0.39 is 11.7 Å². The summed E-state index contributed by atoms with van der Waals surface area (Å²) >= 11 is 0. The van der Waals surface area contributed by atoms with E-state index in [9.17, 15) is 19.5 Å². The average molecular weight is 577 g/mol. The van der Waals surface area contributed by atoms with E-state index in [1.807, 2.05) is 13.0 Å². The van der Waals surface area contributed by atoms with Crippen LogP contribution in [0.3, 0.4) is 0 Å². The lowest BCUT2D eigenvalue weighted by Crippen LogP contribution is -2.34. The Kier molecular flexibility index (Phi) is 11.2. The van der Waals surface area contributed by atoms with Crippen molar-refractivity contribution in [2.75, 3.05) is 25.4 Å². The summed E-state index contributed by atoms with van der Waals surface area (Å²) in [4.78, 5) is 44.9. The Bertz CT molecular complexity index is 1370. The topological polar surface area (TPSA) is 169 Å². The second kappa shape index (κ2) is 14.8. The fraction of sp³-hybridized carbons (Fsp3) is 0.387. The van der Waals surface area contributed by atoms with Gasteiger partial charge in [0.05, 0.1) is 0 Å². The number of phenols is 1. The first kappa shape index (κ1) is 31.9. The molecule has 0 spiro atoms. The van der Waals surface area contributed by atoms with Gasteiger partial charge in [-0.3, -0.25) is 14.6 Å². The Morgan fingerprint density at radius 2 is 1.55 bits per heavy atom. The van der Waals surface area contributed by atoms with Gasteiger partial charge < -0.3 is 31.5 Å². The van der Waals surface area contributed by atoms with Crippen LogP contribution >= 0.6 is 0 Å². The van der Waals surface area contributed by atoms with Crippen molar-refractivity contribution >= 4 is 23.7 Å². The number of nitrogens with zero attached hydrogens (tertiary/aromatic N) is 2. The minimum atomic E-state index is -0.564. The summed E-state index contributed by atoms with van der Waals surface area (Å²) in [5.74, 6) is 0.138. The van der Waals surface area contributed by atoms with Crippen LogP contribution in [0.25, 0.3) is 22.3 Å². The number of pyridine rings is 2. The molecule has 11 nitrogen and oxygen atoms in total. The van der Waals surface area contributed by atoms with Gasteiger partial charge in [-0.05, 0) is 69.4 Å². The monoisotopic (exact) mass is 576 g/mol. The lowest BCUT2D eigenvalue weighted by Gasteiger charge is -2.19. The third-order valence-corrected chi connectivity index (χ3v) is 6.24. The molecular weight excluding hydrogens is 536 g/mol. The van der Waals surface area contributed by atoms with Crippen LogP contribution in [0.1, 0.15) is 63.0 Å². The van der Waals surface area contributed by atoms with Crippen molar-refractivity contribution in [1.82, 2.24) is 25.9 Å². The van der Waals surface area contributed by atoms with Gasteiger partial charge >= 0.3 is 6.09 Å². The summed E-state index contributed by atoms with van der Waals surface area (Å²) in [6.07, 6.45) is 4.87. The molecule has 42 heavy (non-hydrogen) atoms. The Morgan fingerprint density at radius 3 is 2.19 bits per heavy atom. The predicted molar refractivity (Wildman–Crippen MR) is 162 cm³/mol. The Balaban J connectivity index is 1.45. The molecule has 0 saturated carbocycles. The average Bonchev–Trinajstić information content (AvgIpc) is 2.94. The summed E-state index contributed by atoms with van der Waals surface area (Å²) in [7, 11) is 0. The fourth-order valence-electron chi connectivity index (χ4n) is 4.27. The molecule has 1 aromatic carbocycles. The van der Waals surface area contributed by atoms with Gasteiger partial charge in [0.15, 0.2) is 0 Å². The molecule has 0 aliphatic carbocycles. The number of aromatic hydroxyl groups is 1. The predicted octanol–water partition coefficient (Wildman–Crippen LogP) is 4.20. The number of aromatic nitrogens is 2. The van der Waals surface area contributed by atoms with Crippen molar-refractivity contribution in [2.24, 2.45) is 0 Å². The van der Waals surface area contributed by atoms with Crippen LogP contribution in [0.5, 0.6) is 5.75 Å². The summed E-state index contributed by atoms with van der Waals surface area (Å²) in [5.41, 5.74) is 10.3. The van der Waals surface area contributed by atoms with Crippen molar-refractivity contribution < 1.29 is 24.2 Å². The number of nitrogens with two attached hydrogens (primary N) is 1. The molecule has 3 amide bonds. The quantitative estimate of drug-likeness (QED) is 0.200. The van der Waals surface area contributed by atoms with E-state index in [4.69, 9.17) is 10.5 Å². The SMILES string of the molecule is CCc1c(-c2ccc(C(=O)NCCCNC(=O)CCCNC(=O)OC(C)(C)C)nc2)cnc(N)c1-c1ccc(O)cc1. The first-order chi connectivity index (χ1) is 20.0. The highest BCUT2D eigenvalue weighted by Crippen LogP contribution is 2.36. The van der Waals surface area contributed by atoms with Crippen LogP contribution in [0, 0.1) is 0 Å². The number of nitrogen functional groups attached to an aromatic ring is 1. The van der Waals surface area contributed by atoms with Gasteiger partial charge in [-0.1, -0.05) is 25.1 Å². The normalized spacial score (nSPS) is 11.0. The Morgan fingerprint density at radius 1 is 0.881 bits per heavy atom. The number of rotatable bonds is 12. The molecule has 3 rings (SSSR count). The standard InChI is InChI=1S/C31H40N6O5/c1-5-23-24(19-37-28(32)27(23)20-9-12-22(38)13-10-20)21-11-14-25(36-18-21)29(40)34-17-7-16-33-26(39)8-6-15-35-30(41)42-31(2,3)4/h9-14,18-19,38H,5-8,15-17H2,1-4H3,(H2,32,37)(H,33,39)(H,34,40)(H,35,41). The molecule has 0 unspecified atom stereocenters. The molecule has 224 valence electrons. The lowest BCUT2D eigenvalue weighted by molar-refractivity contribution is -0.121. The molecule has 0 radical (unpaired) electrons. The Labute approximate surface area is 246 Å². The number of carbonyl (C=O) groups excluding carboxylic acids is 3. The molecular formula is C31H40N6O5. The molecule has 2 aromatic heterocycles. The smallest absolute Gasteiger partial charge is 0.407 e. The second-order valence-corrected chi connectivity index (χ2v) is 10.7. The van der Waals surface area contributed by atoms with E-state index >= 15 is 0 Å². The molecule has 2 heterocycles. The van der Waals surface area contributed by atoms with Crippen LogP contribution in [0.15, 0.2) is 48.8 Å². The number of hydrogen-bond acceptors (Lipinski definition) is 8. The molecule has 3 aromatic rings. The number of carbonyl (C=O) groups is 3. The molecule has 0 atom stereocenters. The molecule has 0 fully saturated rings. The van der Waals surface area contributed by atoms with Crippen molar-refractivity contribution in [3.8, 4) is 28.0 Å². The highest BCUT2D eigenvalue weighted by Gasteiger charge is 2.17. The number of amides is 3. The largest absolute Gasteiger partial charge is 0.508 e. The van der Waals surface area contributed by atoms with Crippen molar-refractivity contribution in [3.63, 3.8) is 0 Å². The first-order valence-corrected chi connectivity index (χ1v) is 14.0. The number of alkyl carbamates (subject to hydrolysis) is 1. The van der Waals surface area contributed by atoms with Crippen molar-refractivity contribution in [2.45, 2.75) is 59.0 Å². The maximum atomic E-state index is 12.6. The molecule has 11 heteroatoms. The molecule has 0 aliphatic rings. The van der Waals surface area contributed by atoms with Gasteiger partial charge in [0.1, 0.15) is 22.9 Å². The van der Waals surface area contributed by atoms with E-state index in [1.165, 1.54) is 0 Å². The van der Waals surface area contributed by atoms with Crippen LogP contribution in [0.4, 0.5) is 10.6 Å².